The molecule has 0 radical (unpaired) electrons. The summed E-state index contributed by atoms with van der Waals surface area (Å²) in [6, 6.07) is 6.30. The second-order valence-electron chi connectivity index (χ2n) is 5.95. The lowest BCUT2D eigenvalue weighted by Crippen LogP contribution is -2.43. The van der Waals surface area contributed by atoms with Gasteiger partial charge >= 0.3 is 0 Å². The van der Waals surface area contributed by atoms with Crippen LogP contribution in [-0.2, 0) is 4.79 Å². The molecule has 1 saturated carbocycles. The molecule has 1 aliphatic carbocycles. The number of carbonyl (C=O) groups is 1. The summed E-state index contributed by atoms with van der Waals surface area (Å²) in [5, 5.41) is 0. The van der Waals surface area contributed by atoms with Gasteiger partial charge in [0.1, 0.15) is 5.82 Å². The van der Waals surface area contributed by atoms with Crippen molar-refractivity contribution < 1.29 is 9.18 Å². The lowest BCUT2D eigenvalue weighted by Gasteiger charge is -2.30. The Morgan fingerprint density at radius 3 is 2.60 bits per heavy atom. The minimum Gasteiger partial charge on any atom is -0.339 e. The zero-order valence-corrected chi connectivity index (χ0v) is 12.2. The molecule has 0 aliphatic heterocycles. The van der Waals surface area contributed by atoms with Crippen LogP contribution >= 0.6 is 0 Å². The molecule has 1 aliphatic rings. The smallest absolute Gasteiger partial charge is 0.224 e. The van der Waals surface area contributed by atoms with Crippen LogP contribution in [0.15, 0.2) is 24.3 Å². The predicted octanol–water partition coefficient (Wildman–Crippen LogP) is 3.01. The number of benzene rings is 1. The summed E-state index contributed by atoms with van der Waals surface area (Å²) in [5.74, 6) is -0.284. The molecule has 1 atom stereocenters. The molecule has 1 fully saturated rings. The van der Waals surface area contributed by atoms with E-state index in [9.17, 15) is 9.18 Å². The van der Waals surface area contributed by atoms with Crippen molar-refractivity contribution in [2.24, 2.45) is 5.73 Å². The molecule has 0 heterocycles. The molecule has 0 aromatic heterocycles. The van der Waals surface area contributed by atoms with Gasteiger partial charge in [-0.05, 0) is 25.8 Å². The molecule has 20 heavy (non-hydrogen) atoms. The molecule has 3 nitrogen and oxygen atoms in total. The molecule has 2 N–H and O–H groups in total. The average molecular weight is 278 g/mol. The quantitative estimate of drug-likeness (QED) is 0.920. The second kappa shape index (κ2) is 5.92. The number of amides is 1. The monoisotopic (exact) mass is 278 g/mol. The highest BCUT2D eigenvalue weighted by atomic mass is 19.1. The van der Waals surface area contributed by atoms with Crippen LogP contribution in [0.3, 0.4) is 0 Å². The Bertz CT molecular complexity index is 483. The topological polar surface area (TPSA) is 46.3 Å². The van der Waals surface area contributed by atoms with Crippen LogP contribution < -0.4 is 5.73 Å². The van der Waals surface area contributed by atoms with Crippen molar-refractivity contribution in [3.05, 3.63) is 35.6 Å². The summed E-state index contributed by atoms with van der Waals surface area (Å²) in [7, 11) is 1.72. The Morgan fingerprint density at radius 1 is 1.40 bits per heavy atom. The molecule has 110 valence electrons. The lowest BCUT2D eigenvalue weighted by atomic mass is 9.93. The van der Waals surface area contributed by atoms with Crippen molar-refractivity contribution in [2.45, 2.75) is 50.6 Å². The van der Waals surface area contributed by atoms with Crippen LogP contribution in [0.4, 0.5) is 4.39 Å². The van der Waals surface area contributed by atoms with Crippen LogP contribution in [0.25, 0.3) is 0 Å². The van der Waals surface area contributed by atoms with Crippen molar-refractivity contribution in [3.63, 3.8) is 0 Å². The molecule has 1 unspecified atom stereocenters. The van der Waals surface area contributed by atoms with E-state index in [4.69, 9.17) is 5.73 Å². The van der Waals surface area contributed by atoms with Gasteiger partial charge in [0.25, 0.3) is 0 Å². The normalized spacial score (nSPS) is 18.8. The van der Waals surface area contributed by atoms with Gasteiger partial charge in [-0.1, -0.05) is 31.0 Å². The van der Waals surface area contributed by atoms with E-state index in [2.05, 4.69) is 0 Å². The molecule has 0 saturated heterocycles. The van der Waals surface area contributed by atoms with E-state index in [1.165, 1.54) is 6.07 Å². The number of rotatable bonds is 4. The average Bonchev–Trinajstić information content (AvgIpc) is 2.84. The maximum Gasteiger partial charge on any atom is 0.224 e. The molecular weight excluding hydrogens is 255 g/mol. The predicted molar refractivity (Wildman–Crippen MR) is 77.6 cm³/mol. The summed E-state index contributed by atoms with van der Waals surface area (Å²) < 4.78 is 13.8. The van der Waals surface area contributed by atoms with Gasteiger partial charge in [-0.25, -0.2) is 4.39 Å². The van der Waals surface area contributed by atoms with Crippen molar-refractivity contribution in [2.75, 3.05) is 7.05 Å². The van der Waals surface area contributed by atoms with E-state index in [0.29, 0.717) is 12.0 Å². The lowest BCUT2D eigenvalue weighted by molar-refractivity contribution is -0.133. The summed E-state index contributed by atoms with van der Waals surface area (Å²) in [6.07, 6.45) is 4.34. The van der Waals surface area contributed by atoms with Gasteiger partial charge < -0.3 is 10.6 Å². The largest absolute Gasteiger partial charge is 0.339 e. The van der Waals surface area contributed by atoms with E-state index in [-0.39, 0.29) is 23.3 Å². The van der Waals surface area contributed by atoms with Gasteiger partial charge in [-0.2, -0.15) is 0 Å². The SMILES string of the molecule is CC(c1ccccc1F)N(C)C(=O)CC1(N)CCCC1. The molecule has 0 spiro atoms. The van der Waals surface area contributed by atoms with Gasteiger partial charge in [-0.15, -0.1) is 0 Å². The summed E-state index contributed by atoms with van der Waals surface area (Å²) >= 11 is 0. The molecular formula is C16H23FN2O. The van der Waals surface area contributed by atoms with E-state index >= 15 is 0 Å². The number of hydrogen-bond donors (Lipinski definition) is 1. The summed E-state index contributed by atoms with van der Waals surface area (Å²) in [5.41, 5.74) is 6.43. The van der Waals surface area contributed by atoms with Gasteiger partial charge in [0, 0.05) is 24.6 Å². The van der Waals surface area contributed by atoms with Crippen molar-refractivity contribution in [1.82, 2.24) is 4.90 Å². The van der Waals surface area contributed by atoms with Crippen molar-refractivity contribution in [1.29, 1.82) is 0 Å². The standard InChI is InChI=1S/C16H23FN2O/c1-12(13-7-3-4-8-14(13)17)19(2)15(20)11-16(18)9-5-6-10-16/h3-4,7-8,12H,5-6,9-11,18H2,1-2H3. The Labute approximate surface area is 120 Å². The van der Waals surface area contributed by atoms with Gasteiger partial charge in [-0.3, -0.25) is 4.79 Å². The molecule has 1 aromatic rings. The Morgan fingerprint density at radius 2 is 2.00 bits per heavy atom. The summed E-state index contributed by atoms with van der Waals surface area (Å²) in [4.78, 5) is 14.0. The van der Waals surface area contributed by atoms with Crippen LogP contribution in [0.1, 0.15) is 50.6 Å². The van der Waals surface area contributed by atoms with Crippen LogP contribution in [0, 0.1) is 5.82 Å². The summed E-state index contributed by atoms with van der Waals surface area (Å²) in [6.45, 7) is 1.84. The van der Waals surface area contributed by atoms with Crippen molar-refractivity contribution >= 4 is 5.91 Å². The van der Waals surface area contributed by atoms with Gasteiger partial charge in [0.15, 0.2) is 0 Å². The number of carbonyl (C=O) groups excluding carboxylic acids is 1. The maximum atomic E-state index is 13.8. The number of halogens is 1. The second-order valence-corrected chi connectivity index (χ2v) is 5.95. The first-order valence-corrected chi connectivity index (χ1v) is 7.22. The first kappa shape index (κ1) is 15.0. The fraction of sp³-hybridized carbons (Fsp3) is 0.562. The Kier molecular flexibility index (Phi) is 4.43. The zero-order chi connectivity index (χ0) is 14.8. The molecule has 2 rings (SSSR count). The third-order valence-electron chi connectivity index (χ3n) is 4.43. The molecule has 4 heteroatoms. The third-order valence-corrected chi connectivity index (χ3v) is 4.43. The van der Waals surface area contributed by atoms with Crippen LogP contribution in [0.5, 0.6) is 0 Å². The fourth-order valence-electron chi connectivity index (χ4n) is 2.92. The number of nitrogens with zero attached hydrogens (tertiary/aromatic N) is 1. The number of hydrogen-bond acceptors (Lipinski definition) is 2. The Balaban J connectivity index is 2.05. The van der Waals surface area contributed by atoms with Gasteiger partial charge in [0.05, 0.1) is 6.04 Å². The van der Waals surface area contributed by atoms with E-state index < -0.39 is 0 Å². The number of nitrogens with two attached hydrogens (primary N) is 1. The molecule has 1 aromatic carbocycles. The maximum absolute atomic E-state index is 13.8. The highest BCUT2D eigenvalue weighted by molar-refractivity contribution is 5.77. The first-order valence-electron chi connectivity index (χ1n) is 7.22. The first-order chi connectivity index (χ1) is 9.43. The van der Waals surface area contributed by atoms with Crippen molar-refractivity contribution in [3.8, 4) is 0 Å². The molecule has 1 amide bonds. The minimum absolute atomic E-state index is 0.00912. The highest BCUT2D eigenvalue weighted by Gasteiger charge is 2.33. The Hall–Kier alpha value is -1.42. The third kappa shape index (κ3) is 3.18. The minimum atomic E-state index is -0.361. The fourth-order valence-corrected chi connectivity index (χ4v) is 2.92. The zero-order valence-electron chi connectivity index (χ0n) is 12.2. The van der Waals surface area contributed by atoms with Crippen LogP contribution in [0.2, 0.25) is 0 Å². The van der Waals surface area contributed by atoms with E-state index in [1.54, 1.807) is 30.1 Å². The highest BCUT2D eigenvalue weighted by Crippen LogP contribution is 2.31. The van der Waals surface area contributed by atoms with E-state index in [1.807, 2.05) is 6.92 Å². The molecule has 0 bridgehead atoms. The van der Waals surface area contributed by atoms with Gasteiger partial charge in [0.2, 0.25) is 5.91 Å². The van der Waals surface area contributed by atoms with E-state index in [0.717, 1.165) is 25.7 Å². The van der Waals surface area contributed by atoms with Crippen LogP contribution in [-0.4, -0.2) is 23.4 Å².